The van der Waals surface area contributed by atoms with Crippen LogP contribution in [0, 0.1) is 17.0 Å². The molecule has 0 unspecified atom stereocenters. The molecule has 32 heavy (non-hydrogen) atoms. The van der Waals surface area contributed by atoms with E-state index >= 15 is 0 Å². The fourth-order valence-corrected chi connectivity index (χ4v) is 4.13. The Morgan fingerprint density at radius 1 is 1.03 bits per heavy atom. The van der Waals surface area contributed by atoms with Crippen LogP contribution in [0.15, 0.2) is 48.5 Å². The summed E-state index contributed by atoms with van der Waals surface area (Å²) < 4.78 is 0. The molecule has 3 aromatic rings. The molecule has 0 radical (unpaired) electrons. The molecule has 0 saturated carbocycles. The van der Waals surface area contributed by atoms with Crippen molar-refractivity contribution in [3.8, 4) is 11.4 Å². The lowest BCUT2D eigenvalue weighted by molar-refractivity contribution is -0.385. The fourth-order valence-electron chi connectivity index (χ4n) is 4.13. The Labute approximate surface area is 188 Å². The third-order valence-electron chi connectivity index (χ3n) is 5.85. The van der Waals surface area contributed by atoms with Crippen molar-refractivity contribution >= 4 is 23.0 Å². The summed E-state index contributed by atoms with van der Waals surface area (Å²) in [6.45, 7) is 5.91. The summed E-state index contributed by atoms with van der Waals surface area (Å²) in [4.78, 5) is 23.1. The Morgan fingerprint density at radius 2 is 1.81 bits per heavy atom. The first-order valence-electron chi connectivity index (χ1n) is 11.3. The molecule has 2 heterocycles. The third-order valence-corrected chi connectivity index (χ3v) is 5.85. The number of nitrogens with zero attached hydrogens (tertiary/aromatic N) is 4. The second-order valence-corrected chi connectivity index (χ2v) is 8.28. The summed E-state index contributed by atoms with van der Waals surface area (Å²) in [7, 11) is 0. The molecule has 1 fully saturated rings. The van der Waals surface area contributed by atoms with Crippen LogP contribution < -0.4 is 10.2 Å². The predicted octanol–water partition coefficient (Wildman–Crippen LogP) is 6.05. The van der Waals surface area contributed by atoms with E-state index in [0.29, 0.717) is 29.3 Å². The minimum Gasteiger partial charge on any atom is -0.356 e. The lowest BCUT2D eigenvalue weighted by Gasteiger charge is -2.22. The fraction of sp³-hybridized carbons (Fsp3) is 0.360. The summed E-state index contributed by atoms with van der Waals surface area (Å²) in [5.41, 5.74) is 3.58. The average Bonchev–Trinajstić information content (AvgIpc) is 3.08. The molecule has 0 spiro atoms. The van der Waals surface area contributed by atoms with Gasteiger partial charge in [-0.25, -0.2) is 9.97 Å². The van der Waals surface area contributed by atoms with Gasteiger partial charge in [0, 0.05) is 42.0 Å². The highest BCUT2D eigenvalue weighted by Gasteiger charge is 2.17. The molecule has 7 nitrogen and oxygen atoms in total. The largest absolute Gasteiger partial charge is 0.356 e. The van der Waals surface area contributed by atoms with Crippen molar-refractivity contribution in [3.63, 3.8) is 0 Å². The van der Waals surface area contributed by atoms with Gasteiger partial charge in [0.05, 0.1) is 4.92 Å². The van der Waals surface area contributed by atoms with E-state index in [-0.39, 0.29) is 10.6 Å². The van der Waals surface area contributed by atoms with Crippen LogP contribution in [0.4, 0.5) is 23.0 Å². The molecule has 0 aliphatic carbocycles. The van der Waals surface area contributed by atoms with E-state index < -0.39 is 0 Å². The molecule has 4 rings (SSSR count). The van der Waals surface area contributed by atoms with Crippen molar-refractivity contribution < 1.29 is 4.92 Å². The number of nitro benzene ring substituents is 1. The first kappa shape index (κ1) is 21.7. The number of hydrogen-bond donors (Lipinski definition) is 1. The quantitative estimate of drug-likeness (QED) is 0.378. The molecule has 166 valence electrons. The maximum absolute atomic E-state index is 11.5. The third kappa shape index (κ3) is 5.04. The average molecular weight is 432 g/mol. The van der Waals surface area contributed by atoms with E-state index in [0.717, 1.165) is 42.9 Å². The Kier molecular flexibility index (Phi) is 6.63. The zero-order chi connectivity index (χ0) is 22.5. The zero-order valence-electron chi connectivity index (χ0n) is 18.7. The van der Waals surface area contributed by atoms with Crippen LogP contribution in [-0.4, -0.2) is 28.0 Å². The summed E-state index contributed by atoms with van der Waals surface area (Å²) >= 11 is 0. The minimum atomic E-state index is -0.329. The van der Waals surface area contributed by atoms with Gasteiger partial charge in [-0.15, -0.1) is 0 Å². The van der Waals surface area contributed by atoms with Gasteiger partial charge in [0.1, 0.15) is 11.6 Å². The summed E-state index contributed by atoms with van der Waals surface area (Å²) in [5.74, 6) is 2.17. The van der Waals surface area contributed by atoms with Crippen LogP contribution >= 0.6 is 0 Å². The van der Waals surface area contributed by atoms with Gasteiger partial charge in [0.2, 0.25) is 0 Å². The Hall–Kier alpha value is -3.48. The predicted molar refractivity (Wildman–Crippen MR) is 129 cm³/mol. The van der Waals surface area contributed by atoms with Gasteiger partial charge in [0.15, 0.2) is 5.82 Å². The molecule has 1 N–H and O–H groups in total. The van der Waals surface area contributed by atoms with Gasteiger partial charge in [-0.2, -0.15) is 0 Å². The second kappa shape index (κ2) is 9.77. The normalized spacial score (nSPS) is 14.1. The maximum Gasteiger partial charge on any atom is 0.274 e. The molecule has 1 aliphatic heterocycles. The molecule has 0 amide bonds. The van der Waals surface area contributed by atoms with Crippen molar-refractivity contribution in [2.75, 3.05) is 23.3 Å². The van der Waals surface area contributed by atoms with E-state index in [1.54, 1.807) is 12.1 Å². The maximum atomic E-state index is 11.5. The SMILES string of the molecule is CCc1ccc(Nc2cc(N3CCCCCC3)nc(-c3cccc(C)c3)n2)cc1[N+](=O)[O-]. The van der Waals surface area contributed by atoms with Crippen LogP contribution in [0.25, 0.3) is 11.4 Å². The number of hydrogen-bond acceptors (Lipinski definition) is 6. The number of nitrogens with one attached hydrogen (secondary N) is 1. The molecule has 7 heteroatoms. The van der Waals surface area contributed by atoms with Crippen molar-refractivity contribution in [1.82, 2.24) is 9.97 Å². The van der Waals surface area contributed by atoms with Gasteiger partial charge in [-0.3, -0.25) is 10.1 Å². The van der Waals surface area contributed by atoms with Gasteiger partial charge in [-0.1, -0.05) is 49.6 Å². The highest BCUT2D eigenvalue weighted by Crippen LogP contribution is 2.29. The molecule has 1 aliphatic rings. The van der Waals surface area contributed by atoms with Crippen LogP contribution in [0.3, 0.4) is 0 Å². The second-order valence-electron chi connectivity index (χ2n) is 8.28. The standard InChI is InChI=1S/C25H29N5O2/c1-3-19-11-12-21(16-22(19)30(31)32)26-23-17-24(29-13-6-4-5-7-14-29)28-25(27-23)20-10-8-9-18(2)15-20/h8-12,15-17H,3-7,13-14H2,1-2H3,(H,26,27,28). The number of nitro groups is 1. The number of benzene rings is 2. The van der Waals surface area contributed by atoms with Crippen LogP contribution in [0.1, 0.15) is 43.7 Å². The summed E-state index contributed by atoms with van der Waals surface area (Å²) in [6, 6.07) is 15.3. The van der Waals surface area contributed by atoms with E-state index in [9.17, 15) is 10.1 Å². The van der Waals surface area contributed by atoms with E-state index in [4.69, 9.17) is 9.97 Å². The lowest BCUT2D eigenvalue weighted by Crippen LogP contribution is -2.25. The van der Waals surface area contributed by atoms with Gasteiger partial charge in [-0.05, 0) is 38.3 Å². The van der Waals surface area contributed by atoms with Gasteiger partial charge in [0.25, 0.3) is 5.69 Å². The first-order valence-corrected chi connectivity index (χ1v) is 11.3. The van der Waals surface area contributed by atoms with Crippen LogP contribution in [0.5, 0.6) is 0 Å². The Morgan fingerprint density at radius 3 is 2.50 bits per heavy atom. The van der Waals surface area contributed by atoms with E-state index in [1.165, 1.54) is 12.8 Å². The molecule has 0 atom stereocenters. The van der Waals surface area contributed by atoms with Gasteiger partial charge < -0.3 is 10.2 Å². The molecule has 1 saturated heterocycles. The van der Waals surface area contributed by atoms with Crippen molar-refractivity contribution in [1.29, 1.82) is 0 Å². The molecule has 2 aromatic carbocycles. The number of anilines is 3. The van der Waals surface area contributed by atoms with Crippen molar-refractivity contribution in [2.45, 2.75) is 46.0 Å². The van der Waals surface area contributed by atoms with Gasteiger partial charge >= 0.3 is 0 Å². The Bertz CT molecular complexity index is 1110. The number of rotatable bonds is 6. The zero-order valence-corrected chi connectivity index (χ0v) is 18.7. The highest BCUT2D eigenvalue weighted by atomic mass is 16.6. The number of aromatic nitrogens is 2. The number of aryl methyl sites for hydroxylation is 2. The van der Waals surface area contributed by atoms with Crippen molar-refractivity contribution in [2.24, 2.45) is 0 Å². The monoisotopic (exact) mass is 431 g/mol. The molecular weight excluding hydrogens is 402 g/mol. The molecule has 0 bridgehead atoms. The van der Waals surface area contributed by atoms with Crippen LogP contribution in [-0.2, 0) is 6.42 Å². The minimum absolute atomic E-state index is 0.123. The topological polar surface area (TPSA) is 84.2 Å². The summed E-state index contributed by atoms with van der Waals surface area (Å²) in [6.07, 6.45) is 5.39. The van der Waals surface area contributed by atoms with Crippen LogP contribution in [0.2, 0.25) is 0 Å². The van der Waals surface area contributed by atoms with E-state index in [2.05, 4.69) is 29.3 Å². The molecular formula is C25H29N5O2. The smallest absolute Gasteiger partial charge is 0.274 e. The van der Waals surface area contributed by atoms with E-state index in [1.807, 2.05) is 31.2 Å². The van der Waals surface area contributed by atoms with Crippen molar-refractivity contribution in [3.05, 3.63) is 69.8 Å². The highest BCUT2D eigenvalue weighted by molar-refractivity contribution is 5.67. The molecule has 1 aromatic heterocycles. The Balaban J connectivity index is 1.73. The summed E-state index contributed by atoms with van der Waals surface area (Å²) in [5, 5.41) is 14.8. The lowest BCUT2D eigenvalue weighted by atomic mass is 10.1. The first-order chi connectivity index (χ1) is 15.5.